The Labute approximate surface area is 156 Å². The number of nitrogens with one attached hydrogen (secondary N) is 1. The van der Waals surface area contributed by atoms with Crippen LogP contribution in [0.5, 0.6) is 0 Å². The number of carbonyl (C=O) groups excluding carboxylic acids is 1. The van der Waals surface area contributed by atoms with E-state index in [0.29, 0.717) is 6.54 Å². The second-order valence-electron chi connectivity index (χ2n) is 5.68. The van der Waals surface area contributed by atoms with Gasteiger partial charge in [0, 0.05) is 30.1 Å². The van der Waals surface area contributed by atoms with Gasteiger partial charge in [-0.3, -0.25) is 9.78 Å². The van der Waals surface area contributed by atoms with Crippen LogP contribution < -0.4 is 5.32 Å². The Morgan fingerprint density at radius 2 is 1.88 bits per heavy atom. The molecule has 1 amide bonds. The fraction of sp³-hybridized carbons (Fsp3) is 0.158. The van der Waals surface area contributed by atoms with E-state index in [0.717, 1.165) is 16.8 Å². The number of pyridine rings is 1. The molecule has 3 aromatic rings. The van der Waals surface area contributed by atoms with Crippen molar-refractivity contribution in [1.29, 1.82) is 0 Å². The van der Waals surface area contributed by atoms with Crippen molar-refractivity contribution in [3.8, 4) is 11.3 Å². The zero-order valence-corrected chi connectivity index (χ0v) is 15.6. The van der Waals surface area contributed by atoms with Crippen molar-refractivity contribution in [2.75, 3.05) is 5.75 Å². The molecule has 0 saturated carbocycles. The molecule has 0 fully saturated rings. The lowest BCUT2D eigenvalue weighted by Crippen LogP contribution is -2.25. The first kappa shape index (κ1) is 18.3. The first-order valence-electron chi connectivity index (χ1n) is 8.07. The van der Waals surface area contributed by atoms with Gasteiger partial charge < -0.3 is 5.32 Å². The van der Waals surface area contributed by atoms with Gasteiger partial charge in [-0.1, -0.05) is 24.3 Å². The third kappa shape index (κ3) is 4.56. The van der Waals surface area contributed by atoms with Crippen LogP contribution in [-0.2, 0) is 21.2 Å². The van der Waals surface area contributed by atoms with Gasteiger partial charge in [0.25, 0.3) is 0 Å². The van der Waals surface area contributed by atoms with E-state index in [4.69, 9.17) is 0 Å². The number of hydrogen-bond acceptors (Lipinski definition) is 5. The Balaban J connectivity index is 1.59. The van der Waals surface area contributed by atoms with Crippen molar-refractivity contribution in [3.63, 3.8) is 0 Å². The van der Waals surface area contributed by atoms with E-state index < -0.39 is 9.84 Å². The highest BCUT2D eigenvalue weighted by molar-refractivity contribution is 7.91. The lowest BCUT2D eigenvalue weighted by molar-refractivity contribution is -0.120. The lowest BCUT2D eigenvalue weighted by atomic mass is 10.1. The van der Waals surface area contributed by atoms with E-state index in [2.05, 4.69) is 10.3 Å². The zero-order chi connectivity index (χ0) is 18.4. The minimum Gasteiger partial charge on any atom is -0.352 e. The van der Waals surface area contributed by atoms with E-state index in [1.807, 2.05) is 29.0 Å². The van der Waals surface area contributed by atoms with Gasteiger partial charge in [-0.15, -0.1) is 0 Å². The summed E-state index contributed by atoms with van der Waals surface area (Å²) in [7, 11) is -3.45. The standard InChI is InChI=1S/C19H18N2O3S2/c22-18(9-12-26(23,24)17-6-2-1-3-7-17)21-13-15-5-4-10-20-19(15)16-8-11-25-14-16/h1-8,10-11,14H,9,12-13H2,(H,21,22). The molecule has 2 aromatic heterocycles. The fourth-order valence-corrected chi connectivity index (χ4v) is 4.40. The first-order valence-corrected chi connectivity index (χ1v) is 10.7. The molecular weight excluding hydrogens is 368 g/mol. The van der Waals surface area contributed by atoms with E-state index in [-0.39, 0.29) is 23.0 Å². The molecule has 1 aromatic carbocycles. The van der Waals surface area contributed by atoms with Crippen LogP contribution in [0, 0.1) is 0 Å². The molecule has 1 N–H and O–H groups in total. The summed E-state index contributed by atoms with van der Waals surface area (Å²) in [6.07, 6.45) is 1.63. The van der Waals surface area contributed by atoms with Crippen molar-refractivity contribution >= 4 is 27.1 Å². The summed E-state index contributed by atoms with van der Waals surface area (Å²) in [4.78, 5) is 16.7. The van der Waals surface area contributed by atoms with Crippen LogP contribution in [-0.4, -0.2) is 25.1 Å². The lowest BCUT2D eigenvalue weighted by Gasteiger charge is -2.09. The normalized spacial score (nSPS) is 11.2. The number of thiophene rings is 1. The molecule has 0 bridgehead atoms. The number of benzene rings is 1. The summed E-state index contributed by atoms with van der Waals surface area (Å²) in [6, 6.07) is 13.9. The number of aromatic nitrogens is 1. The first-order chi connectivity index (χ1) is 12.6. The highest BCUT2D eigenvalue weighted by Crippen LogP contribution is 2.23. The van der Waals surface area contributed by atoms with Gasteiger partial charge in [0.05, 0.1) is 16.3 Å². The van der Waals surface area contributed by atoms with Gasteiger partial charge in [-0.05, 0) is 35.2 Å². The number of sulfone groups is 1. The van der Waals surface area contributed by atoms with Gasteiger partial charge in [0.15, 0.2) is 9.84 Å². The third-order valence-corrected chi connectivity index (χ3v) is 6.28. The Bertz CT molecular complexity index is 969. The predicted molar refractivity (Wildman–Crippen MR) is 103 cm³/mol. The highest BCUT2D eigenvalue weighted by Gasteiger charge is 2.16. The summed E-state index contributed by atoms with van der Waals surface area (Å²) in [5.74, 6) is -0.516. The molecule has 7 heteroatoms. The Morgan fingerprint density at radius 1 is 1.08 bits per heavy atom. The summed E-state index contributed by atoms with van der Waals surface area (Å²) in [5.41, 5.74) is 2.72. The highest BCUT2D eigenvalue weighted by atomic mass is 32.2. The topological polar surface area (TPSA) is 76.1 Å². The maximum absolute atomic E-state index is 12.2. The molecule has 0 atom stereocenters. The molecular formula is C19H18N2O3S2. The molecule has 0 unspecified atom stereocenters. The number of rotatable bonds is 7. The second kappa shape index (κ2) is 8.25. The van der Waals surface area contributed by atoms with Crippen molar-refractivity contribution < 1.29 is 13.2 Å². The van der Waals surface area contributed by atoms with Crippen LogP contribution in [0.1, 0.15) is 12.0 Å². The minimum atomic E-state index is -3.45. The Kier molecular flexibility index (Phi) is 5.80. The monoisotopic (exact) mass is 386 g/mol. The molecule has 0 radical (unpaired) electrons. The van der Waals surface area contributed by atoms with Crippen LogP contribution in [0.2, 0.25) is 0 Å². The SMILES string of the molecule is O=C(CCS(=O)(=O)c1ccccc1)NCc1cccnc1-c1ccsc1. The van der Waals surface area contributed by atoms with Gasteiger partial charge in [0.2, 0.25) is 5.91 Å². The van der Waals surface area contributed by atoms with Crippen molar-refractivity contribution in [2.24, 2.45) is 0 Å². The molecule has 5 nitrogen and oxygen atoms in total. The quantitative estimate of drug-likeness (QED) is 0.676. The number of nitrogens with zero attached hydrogens (tertiary/aromatic N) is 1. The summed E-state index contributed by atoms with van der Waals surface area (Å²) in [5, 5.41) is 6.76. The molecule has 0 saturated heterocycles. The molecule has 0 aliphatic rings. The van der Waals surface area contributed by atoms with Crippen LogP contribution in [0.4, 0.5) is 0 Å². The van der Waals surface area contributed by atoms with Crippen molar-refractivity contribution in [1.82, 2.24) is 10.3 Å². The van der Waals surface area contributed by atoms with E-state index in [1.165, 1.54) is 12.1 Å². The Morgan fingerprint density at radius 3 is 2.62 bits per heavy atom. The zero-order valence-electron chi connectivity index (χ0n) is 14.0. The number of amides is 1. The molecule has 0 spiro atoms. The van der Waals surface area contributed by atoms with E-state index in [1.54, 1.807) is 35.7 Å². The number of carbonyl (C=O) groups is 1. The number of hydrogen-bond donors (Lipinski definition) is 1. The summed E-state index contributed by atoms with van der Waals surface area (Å²) in [6.45, 7) is 0.309. The van der Waals surface area contributed by atoms with Gasteiger partial charge in [-0.25, -0.2) is 8.42 Å². The van der Waals surface area contributed by atoms with E-state index >= 15 is 0 Å². The van der Waals surface area contributed by atoms with Crippen molar-refractivity contribution in [2.45, 2.75) is 17.9 Å². The predicted octanol–water partition coefficient (Wildman–Crippen LogP) is 3.29. The molecule has 0 aliphatic carbocycles. The average Bonchev–Trinajstić information content (AvgIpc) is 3.20. The molecule has 0 aliphatic heterocycles. The molecule has 134 valence electrons. The Hall–Kier alpha value is -2.51. The smallest absolute Gasteiger partial charge is 0.221 e. The molecule has 3 rings (SSSR count). The van der Waals surface area contributed by atoms with E-state index in [9.17, 15) is 13.2 Å². The maximum Gasteiger partial charge on any atom is 0.221 e. The van der Waals surface area contributed by atoms with Gasteiger partial charge >= 0.3 is 0 Å². The largest absolute Gasteiger partial charge is 0.352 e. The fourth-order valence-electron chi connectivity index (χ4n) is 2.50. The average molecular weight is 386 g/mol. The van der Waals surface area contributed by atoms with Gasteiger partial charge in [-0.2, -0.15) is 11.3 Å². The minimum absolute atomic E-state index is 0.0781. The van der Waals surface area contributed by atoms with Crippen LogP contribution in [0.15, 0.2) is 70.4 Å². The van der Waals surface area contributed by atoms with Gasteiger partial charge in [0.1, 0.15) is 0 Å². The molecule has 2 heterocycles. The van der Waals surface area contributed by atoms with Crippen molar-refractivity contribution in [3.05, 3.63) is 71.1 Å². The summed E-state index contributed by atoms with van der Waals surface area (Å²) < 4.78 is 24.5. The van der Waals surface area contributed by atoms with Crippen LogP contribution >= 0.6 is 11.3 Å². The molecule has 26 heavy (non-hydrogen) atoms. The summed E-state index contributed by atoms with van der Waals surface area (Å²) >= 11 is 1.58. The van der Waals surface area contributed by atoms with Crippen LogP contribution in [0.25, 0.3) is 11.3 Å². The van der Waals surface area contributed by atoms with Crippen LogP contribution in [0.3, 0.4) is 0 Å². The second-order valence-corrected chi connectivity index (χ2v) is 8.57. The third-order valence-electron chi connectivity index (χ3n) is 3.86. The maximum atomic E-state index is 12.2.